The van der Waals surface area contributed by atoms with Gasteiger partial charge in [-0.3, -0.25) is 9.59 Å². The predicted octanol–water partition coefficient (Wildman–Crippen LogP) is -1.24. The van der Waals surface area contributed by atoms with Crippen LogP contribution in [0.25, 0.3) is 0 Å². The highest BCUT2D eigenvalue weighted by Crippen LogP contribution is 2.17. The fourth-order valence-corrected chi connectivity index (χ4v) is 2.29. The molecule has 3 rings (SSSR count). The third kappa shape index (κ3) is 1.77. The van der Waals surface area contributed by atoms with Gasteiger partial charge in [-0.25, -0.2) is 0 Å². The number of fused-ring (bicyclic) bond motifs is 1. The molecule has 1 fully saturated rings. The van der Waals surface area contributed by atoms with Crippen molar-refractivity contribution in [1.82, 2.24) is 25.0 Å². The van der Waals surface area contributed by atoms with E-state index in [1.54, 1.807) is 11.2 Å². The summed E-state index contributed by atoms with van der Waals surface area (Å²) < 4.78 is 1.95. The molecule has 0 saturated carbocycles. The van der Waals surface area contributed by atoms with E-state index in [0.29, 0.717) is 26.1 Å². The second-order valence-corrected chi connectivity index (χ2v) is 4.41. The van der Waals surface area contributed by atoms with Crippen LogP contribution in [0.2, 0.25) is 0 Å². The van der Waals surface area contributed by atoms with Gasteiger partial charge in [0, 0.05) is 26.1 Å². The molecule has 7 heteroatoms. The van der Waals surface area contributed by atoms with Crippen molar-refractivity contribution in [3.63, 3.8) is 0 Å². The number of rotatable bonds is 1. The second kappa shape index (κ2) is 3.83. The van der Waals surface area contributed by atoms with E-state index < -0.39 is 0 Å². The summed E-state index contributed by atoms with van der Waals surface area (Å²) in [5, 5.41) is 10.5. The average Bonchev–Trinajstić information content (AvgIpc) is 2.95. The monoisotopic (exact) mass is 235 g/mol. The third-order valence-corrected chi connectivity index (χ3v) is 3.28. The molecule has 0 spiro atoms. The lowest BCUT2D eigenvalue weighted by molar-refractivity contribution is -0.137. The summed E-state index contributed by atoms with van der Waals surface area (Å²) in [6.07, 6.45) is 1.99. The summed E-state index contributed by atoms with van der Waals surface area (Å²) in [7, 11) is 0. The minimum absolute atomic E-state index is 0.0384. The van der Waals surface area contributed by atoms with Gasteiger partial charge in [-0.1, -0.05) is 0 Å². The Bertz CT molecular complexity index is 469. The molecule has 1 atom stereocenters. The van der Waals surface area contributed by atoms with Crippen molar-refractivity contribution in [2.24, 2.45) is 5.92 Å². The van der Waals surface area contributed by atoms with Crippen molar-refractivity contribution in [3.8, 4) is 0 Å². The maximum Gasteiger partial charge on any atom is 0.228 e. The van der Waals surface area contributed by atoms with E-state index in [9.17, 15) is 9.59 Å². The van der Waals surface area contributed by atoms with Gasteiger partial charge in [0.1, 0.15) is 6.33 Å². The Morgan fingerprint density at radius 2 is 2.35 bits per heavy atom. The maximum absolute atomic E-state index is 12.2. The third-order valence-electron chi connectivity index (χ3n) is 3.28. The van der Waals surface area contributed by atoms with Crippen LogP contribution in [0.3, 0.4) is 0 Å². The van der Waals surface area contributed by atoms with Crippen LogP contribution < -0.4 is 5.32 Å². The molecule has 2 amide bonds. The van der Waals surface area contributed by atoms with Gasteiger partial charge >= 0.3 is 0 Å². The molecular formula is C10H13N5O2. The van der Waals surface area contributed by atoms with Gasteiger partial charge < -0.3 is 14.8 Å². The van der Waals surface area contributed by atoms with Gasteiger partial charge in [0.15, 0.2) is 5.82 Å². The Morgan fingerprint density at radius 3 is 3.12 bits per heavy atom. The van der Waals surface area contributed by atoms with Gasteiger partial charge in [0.25, 0.3) is 0 Å². The van der Waals surface area contributed by atoms with Crippen molar-refractivity contribution in [3.05, 3.63) is 12.2 Å². The van der Waals surface area contributed by atoms with Crippen molar-refractivity contribution >= 4 is 11.8 Å². The second-order valence-electron chi connectivity index (χ2n) is 4.41. The Labute approximate surface area is 97.8 Å². The Morgan fingerprint density at radius 1 is 1.47 bits per heavy atom. The normalized spacial score (nSPS) is 23.4. The van der Waals surface area contributed by atoms with E-state index in [1.165, 1.54) is 0 Å². The number of amides is 2. The highest BCUT2D eigenvalue weighted by Gasteiger charge is 2.33. The van der Waals surface area contributed by atoms with E-state index in [4.69, 9.17) is 0 Å². The number of nitrogens with zero attached hydrogens (tertiary/aromatic N) is 4. The van der Waals surface area contributed by atoms with Crippen LogP contribution in [0.4, 0.5) is 0 Å². The van der Waals surface area contributed by atoms with E-state index >= 15 is 0 Å². The first-order chi connectivity index (χ1) is 8.24. The molecule has 2 aliphatic heterocycles. The maximum atomic E-state index is 12.2. The highest BCUT2D eigenvalue weighted by atomic mass is 16.2. The molecule has 1 aromatic heterocycles. The molecular weight excluding hydrogens is 222 g/mol. The molecule has 7 nitrogen and oxygen atoms in total. The van der Waals surface area contributed by atoms with Crippen LogP contribution in [0.15, 0.2) is 6.33 Å². The van der Waals surface area contributed by atoms with E-state index in [1.807, 2.05) is 4.57 Å². The van der Waals surface area contributed by atoms with Crippen molar-refractivity contribution < 1.29 is 9.59 Å². The minimum Gasteiger partial charge on any atom is -0.355 e. The molecule has 1 aromatic rings. The summed E-state index contributed by atoms with van der Waals surface area (Å²) >= 11 is 0. The van der Waals surface area contributed by atoms with Gasteiger partial charge in [-0.2, -0.15) is 0 Å². The Kier molecular flexibility index (Phi) is 2.31. The first kappa shape index (κ1) is 10.2. The first-order valence-electron chi connectivity index (χ1n) is 5.66. The Balaban J connectivity index is 1.70. The van der Waals surface area contributed by atoms with Gasteiger partial charge in [0.05, 0.1) is 12.5 Å². The van der Waals surface area contributed by atoms with Gasteiger partial charge in [-0.15, -0.1) is 10.2 Å². The fraction of sp³-hybridized carbons (Fsp3) is 0.600. The molecule has 17 heavy (non-hydrogen) atoms. The number of nitrogens with one attached hydrogen (secondary N) is 1. The van der Waals surface area contributed by atoms with E-state index in [0.717, 1.165) is 12.4 Å². The number of hydrogen-bond acceptors (Lipinski definition) is 4. The summed E-state index contributed by atoms with van der Waals surface area (Å²) in [5.74, 6) is 0.597. The standard InChI is InChI=1S/C10H13N5O2/c16-9-3-7(4-11-9)10(17)14-1-2-15-6-12-13-8(15)5-14/h6-7H,1-5H2,(H,11,16). The molecule has 90 valence electrons. The number of aromatic nitrogens is 3. The lowest BCUT2D eigenvalue weighted by Crippen LogP contribution is -2.42. The number of hydrogen-bond donors (Lipinski definition) is 1. The lowest BCUT2D eigenvalue weighted by atomic mass is 10.1. The minimum atomic E-state index is -0.211. The predicted molar refractivity (Wildman–Crippen MR) is 56.6 cm³/mol. The summed E-state index contributed by atoms with van der Waals surface area (Å²) in [4.78, 5) is 25.0. The molecule has 0 aliphatic carbocycles. The van der Waals surface area contributed by atoms with Gasteiger partial charge in [0.2, 0.25) is 11.8 Å². The topological polar surface area (TPSA) is 80.1 Å². The van der Waals surface area contributed by atoms with Crippen LogP contribution in [0, 0.1) is 5.92 Å². The largest absolute Gasteiger partial charge is 0.355 e. The summed E-state index contributed by atoms with van der Waals surface area (Å²) in [6, 6.07) is 0. The molecule has 1 unspecified atom stereocenters. The van der Waals surface area contributed by atoms with Crippen molar-refractivity contribution in [2.45, 2.75) is 19.5 Å². The molecule has 1 saturated heterocycles. The SMILES string of the molecule is O=C1CC(C(=O)N2CCn3cnnc3C2)CN1. The van der Waals surface area contributed by atoms with Crippen LogP contribution >= 0.6 is 0 Å². The van der Waals surface area contributed by atoms with Crippen LogP contribution in [-0.2, 0) is 22.7 Å². The highest BCUT2D eigenvalue weighted by molar-refractivity contribution is 5.89. The Hall–Kier alpha value is -1.92. The smallest absolute Gasteiger partial charge is 0.228 e. The van der Waals surface area contributed by atoms with Crippen molar-refractivity contribution in [1.29, 1.82) is 0 Å². The fourth-order valence-electron chi connectivity index (χ4n) is 2.29. The van der Waals surface area contributed by atoms with Gasteiger partial charge in [-0.05, 0) is 0 Å². The van der Waals surface area contributed by atoms with E-state index in [2.05, 4.69) is 15.5 Å². The average molecular weight is 235 g/mol. The first-order valence-corrected chi connectivity index (χ1v) is 5.66. The van der Waals surface area contributed by atoms with Crippen molar-refractivity contribution in [2.75, 3.05) is 13.1 Å². The zero-order valence-corrected chi connectivity index (χ0v) is 9.30. The van der Waals surface area contributed by atoms with Crippen LogP contribution in [-0.4, -0.2) is 44.6 Å². The zero-order valence-electron chi connectivity index (χ0n) is 9.30. The summed E-state index contributed by atoms with van der Waals surface area (Å²) in [6.45, 7) is 2.33. The van der Waals surface area contributed by atoms with Crippen LogP contribution in [0.5, 0.6) is 0 Å². The molecule has 2 aliphatic rings. The molecule has 0 aromatic carbocycles. The molecule has 3 heterocycles. The van der Waals surface area contributed by atoms with Crippen LogP contribution in [0.1, 0.15) is 12.2 Å². The quantitative estimate of drug-likeness (QED) is 0.660. The molecule has 1 N–H and O–H groups in total. The lowest BCUT2D eigenvalue weighted by Gasteiger charge is -2.28. The molecule has 0 radical (unpaired) electrons. The summed E-state index contributed by atoms with van der Waals surface area (Å²) in [5.41, 5.74) is 0. The number of carbonyl (C=O) groups excluding carboxylic acids is 2. The zero-order chi connectivity index (χ0) is 11.8. The van der Waals surface area contributed by atoms with E-state index in [-0.39, 0.29) is 17.7 Å². The number of carbonyl (C=O) groups is 2. The molecule has 0 bridgehead atoms.